The number of rotatable bonds is 16. The Morgan fingerprint density at radius 2 is 1.48 bits per heavy atom. The lowest BCUT2D eigenvalue weighted by Crippen LogP contribution is -2.57. The lowest BCUT2D eigenvalue weighted by molar-refractivity contribution is -0.147. The Morgan fingerprint density at radius 1 is 0.841 bits per heavy atom. The van der Waals surface area contributed by atoms with Crippen LogP contribution in [0.15, 0.2) is 97.5 Å². The first-order valence-electron chi connectivity index (χ1n) is 14.3. The molecule has 0 saturated carbocycles. The van der Waals surface area contributed by atoms with Gasteiger partial charge in [-0.3, -0.25) is 9.59 Å². The number of H-pyrrole nitrogens is 1. The number of nitrogens with zero attached hydrogens (tertiary/aromatic N) is 1. The maximum Gasteiger partial charge on any atom is 0.328 e. The van der Waals surface area contributed by atoms with Crippen molar-refractivity contribution in [1.82, 2.24) is 20.6 Å². The van der Waals surface area contributed by atoms with Crippen molar-refractivity contribution in [1.29, 1.82) is 0 Å². The second kappa shape index (κ2) is 16.0. The average Bonchev–Trinajstić information content (AvgIpc) is 3.55. The van der Waals surface area contributed by atoms with E-state index in [2.05, 4.69) is 20.6 Å². The van der Waals surface area contributed by atoms with Crippen molar-refractivity contribution in [2.45, 2.75) is 57.2 Å². The van der Waals surface area contributed by atoms with Crippen LogP contribution in [0.25, 0.3) is 0 Å². The first-order chi connectivity index (χ1) is 21.3. The summed E-state index contributed by atoms with van der Waals surface area (Å²) in [5.74, 6) is -1.88. The summed E-state index contributed by atoms with van der Waals surface area (Å²) in [5.41, 5.74) is 9.32. The van der Waals surface area contributed by atoms with Gasteiger partial charge < -0.3 is 35.9 Å². The number of carbonyl (C=O) groups is 3. The fourth-order valence-electron chi connectivity index (χ4n) is 4.44. The van der Waals surface area contributed by atoms with Crippen molar-refractivity contribution in [3.8, 4) is 5.75 Å². The summed E-state index contributed by atoms with van der Waals surface area (Å²) in [6.07, 6.45) is 2.48. The smallest absolute Gasteiger partial charge is 0.328 e. The van der Waals surface area contributed by atoms with Crippen LogP contribution in [0.1, 0.15) is 29.3 Å². The molecule has 0 aliphatic carbocycles. The Bertz CT molecular complexity index is 1470. The highest BCUT2D eigenvalue weighted by Crippen LogP contribution is 2.16. The van der Waals surface area contributed by atoms with E-state index < -0.39 is 42.0 Å². The van der Waals surface area contributed by atoms with E-state index in [4.69, 9.17) is 15.2 Å². The van der Waals surface area contributed by atoms with Gasteiger partial charge in [0, 0.05) is 19.0 Å². The van der Waals surface area contributed by atoms with Crippen LogP contribution in [0, 0.1) is 0 Å². The van der Waals surface area contributed by atoms with Crippen molar-refractivity contribution in [3.05, 3.63) is 120 Å². The van der Waals surface area contributed by atoms with Gasteiger partial charge >= 0.3 is 5.97 Å². The number of aliphatic carboxylic acids is 1. The molecule has 11 heteroatoms. The van der Waals surface area contributed by atoms with E-state index in [1.54, 1.807) is 37.4 Å². The van der Waals surface area contributed by atoms with Gasteiger partial charge in [0.05, 0.1) is 30.8 Å². The largest absolute Gasteiger partial charge is 0.489 e. The number of hydrogen-bond donors (Lipinski definition) is 5. The maximum atomic E-state index is 13.5. The van der Waals surface area contributed by atoms with Crippen molar-refractivity contribution in [2.75, 3.05) is 0 Å². The summed E-state index contributed by atoms with van der Waals surface area (Å²) in [6.45, 7) is 2.14. The Kier molecular flexibility index (Phi) is 11.6. The van der Waals surface area contributed by atoms with Gasteiger partial charge in [0.15, 0.2) is 6.04 Å². The van der Waals surface area contributed by atoms with Gasteiger partial charge in [-0.1, -0.05) is 72.8 Å². The lowest BCUT2D eigenvalue weighted by Gasteiger charge is -2.26. The first-order valence-corrected chi connectivity index (χ1v) is 14.3. The summed E-state index contributed by atoms with van der Waals surface area (Å²) in [7, 11) is 0. The number of benzene rings is 3. The first kappa shape index (κ1) is 31.9. The molecule has 0 radical (unpaired) electrons. The number of amides is 2. The molecule has 1 heterocycles. The number of ether oxygens (including phenoxy) is 2. The monoisotopic (exact) mass is 599 g/mol. The predicted molar refractivity (Wildman–Crippen MR) is 163 cm³/mol. The van der Waals surface area contributed by atoms with Gasteiger partial charge in [-0.05, 0) is 35.7 Å². The zero-order valence-corrected chi connectivity index (χ0v) is 24.4. The van der Waals surface area contributed by atoms with Crippen molar-refractivity contribution >= 4 is 17.8 Å². The van der Waals surface area contributed by atoms with E-state index in [1.807, 2.05) is 60.7 Å². The molecular formula is C33H37N5O6. The molecule has 0 aliphatic heterocycles. The number of nitrogens with two attached hydrogens (primary N) is 1. The minimum Gasteiger partial charge on any atom is -0.489 e. The summed E-state index contributed by atoms with van der Waals surface area (Å²) in [5, 5.41) is 15.2. The van der Waals surface area contributed by atoms with Gasteiger partial charge in [0.2, 0.25) is 11.8 Å². The van der Waals surface area contributed by atoms with Crippen LogP contribution < -0.4 is 21.1 Å². The second-order valence-corrected chi connectivity index (χ2v) is 10.4. The van der Waals surface area contributed by atoms with Crippen LogP contribution in [0.3, 0.4) is 0 Å². The molecule has 0 fully saturated rings. The third kappa shape index (κ3) is 9.79. The van der Waals surface area contributed by atoms with E-state index in [0.717, 1.165) is 16.7 Å². The highest BCUT2D eigenvalue weighted by atomic mass is 16.5. The van der Waals surface area contributed by atoms with E-state index in [1.165, 1.54) is 6.33 Å². The molecule has 2 amide bonds. The molecule has 4 atom stereocenters. The second-order valence-electron chi connectivity index (χ2n) is 10.4. The Labute approximate surface area is 255 Å². The number of carbonyl (C=O) groups excluding carboxylic acids is 2. The number of nitrogens with one attached hydrogen (secondary N) is 3. The molecule has 6 N–H and O–H groups in total. The SMILES string of the molecule is C[C@@H](OCc1ccccc1)[C@H](NC(=O)[C@H](Cc1ccc(OCc2ccccc2)cc1)NC(=O)[C@@H](N)Cc1c[nH]cn1)C(=O)O. The molecule has 0 unspecified atom stereocenters. The summed E-state index contributed by atoms with van der Waals surface area (Å²) < 4.78 is 11.6. The minimum atomic E-state index is -1.36. The number of aromatic nitrogens is 2. The average molecular weight is 600 g/mol. The highest BCUT2D eigenvalue weighted by Gasteiger charge is 2.32. The molecule has 1 aromatic heterocycles. The van der Waals surface area contributed by atoms with Crippen molar-refractivity contribution in [2.24, 2.45) is 5.73 Å². The summed E-state index contributed by atoms with van der Waals surface area (Å²) in [6, 6.07) is 22.7. The molecule has 0 saturated heterocycles. The number of hydrogen-bond acceptors (Lipinski definition) is 7. The van der Waals surface area contributed by atoms with Gasteiger partial charge in [-0.2, -0.15) is 0 Å². The van der Waals surface area contributed by atoms with Crippen LogP contribution in [-0.2, 0) is 45.2 Å². The topological polar surface area (TPSA) is 169 Å². The van der Waals surface area contributed by atoms with Gasteiger partial charge in [-0.25, -0.2) is 9.78 Å². The molecule has 0 aliphatic rings. The fraction of sp³-hybridized carbons (Fsp3) is 0.273. The van der Waals surface area contributed by atoms with E-state index in [-0.39, 0.29) is 19.4 Å². The lowest BCUT2D eigenvalue weighted by atomic mass is 10.0. The number of aromatic amines is 1. The molecule has 11 nitrogen and oxygen atoms in total. The van der Waals surface area contributed by atoms with Crippen molar-refractivity contribution < 1.29 is 29.0 Å². The number of carboxylic acids is 1. The predicted octanol–water partition coefficient (Wildman–Crippen LogP) is 2.76. The number of carboxylic acid groups (broad SMARTS) is 1. The fourth-order valence-corrected chi connectivity index (χ4v) is 4.44. The van der Waals surface area contributed by atoms with Crippen LogP contribution >= 0.6 is 0 Å². The van der Waals surface area contributed by atoms with E-state index >= 15 is 0 Å². The Morgan fingerprint density at radius 3 is 2.07 bits per heavy atom. The Balaban J connectivity index is 1.44. The van der Waals surface area contributed by atoms with Crippen LogP contribution in [-0.4, -0.2) is 57.1 Å². The molecule has 3 aromatic carbocycles. The van der Waals surface area contributed by atoms with Crippen LogP contribution in [0.4, 0.5) is 0 Å². The normalized spacial score (nSPS) is 13.7. The zero-order valence-electron chi connectivity index (χ0n) is 24.4. The quantitative estimate of drug-likeness (QED) is 0.131. The summed E-state index contributed by atoms with van der Waals surface area (Å²) >= 11 is 0. The molecule has 0 bridgehead atoms. The van der Waals surface area contributed by atoms with Crippen LogP contribution in [0.5, 0.6) is 5.75 Å². The molecule has 44 heavy (non-hydrogen) atoms. The highest BCUT2D eigenvalue weighted by molar-refractivity contribution is 5.92. The third-order valence-corrected chi connectivity index (χ3v) is 6.95. The van der Waals surface area contributed by atoms with Gasteiger partial charge in [-0.15, -0.1) is 0 Å². The zero-order chi connectivity index (χ0) is 31.3. The number of imidazole rings is 1. The van der Waals surface area contributed by atoms with E-state index in [9.17, 15) is 19.5 Å². The molecule has 4 aromatic rings. The van der Waals surface area contributed by atoms with Gasteiger partial charge in [0.25, 0.3) is 0 Å². The maximum absolute atomic E-state index is 13.5. The summed E-state index contributed by atoms with van der Waals surface area (Å²) in [4.78, 5) is 45.6. The molecule has 230 valence electrons. The minimum absolute atomic E-state index is 0.0806. The van der Waals surface area contributed by atoms with E-state index in [0.29, 0.717) is 18.1 Å². The Hall–Kier alpha value is -5.00. The van der Waals surface area contributed by atoms with Crippen molar-refractivity contribution in [3.63, 3.8) is 0 Å². The molecular weight excluding hydrogens is 562 g/mol. The molecule has 4 rings (SSSR count). The van der Waals surface area contributed by atoms with Gasteiger partial charge in [0.1, 0.15) is 18.4 Å². The third-order valence-electron chi connectivity index (χ3n) is 6.95. The molecule has 0 spiro atoms. The standard InChI is InChI=1S/C33H37N5O6/c1-22(43-19-24-8-4-2-5-9-24)30(33(41)42)38-32(40)29(37-31(39)28(34)17-26-18-35-21-36-26)16-23-12-14-27(15-13-23)44-20-25-10-6-3-7-11-25/h2-15,18,21-22,28-30H,16-17,19-20,34H2,1H3,(H,35,36)(H,37,39)(H,38,40)(H,41,42)/t22-,28+,29+,30+/m1/s1. The van der Waals surface area contributed by atoms with Crippen LogP contribution in [0.2, 0.25) is 0 Å².